The lowest BCUT2D eigenvalue weighted by molar-refractivity contribution is -0.176. The Morgan fingerprint density at radius 3 is 2.35 bits per heavy atom. The van der Waals surface area contributed by atoms with E-state index in [9.17, 15) is 19.8 Å². The molecule has 1 aliphatic heterocycles. The van der Waals surface area contributed by atoms with Gasteiger partial charge >= 0.3 is 5.97 Å². The maximum Gasteiger partial charge on any atom is 0.327 e. The van der Waals surface area contributed by atoms with Gasteiger partial charge in [-0.05, 0) is 66.0 Å². The van der Waals surface area contributed by atoms with Crippen LogP contribution in [-0.2, 0) is 39.4 Å². The summed E-state index contributed by atoms with van der Waals surface area (Å²) in [7, 11) is 0. The smallest absolute Gasteiger partial charge is 0.327 e. The molecule has 2 N–H and O–H groups in total. The van der Waals surface area contributed by atoms with Crippen molar-refractivity contribution >= 4 is 34.9 Å². The summed E-state index contributed by atoms with van der Waals surface area (Å²) in [5, 5.41) is 18.1. The number of rotatable bonds is 8. The summed E-state index contributed by atoms with van der Waals surface area (Å²) in [5.74, 6) is -0.568. The highest BCUT2D eigenvalue weighted by molar-refractivity contribution is 8.01. The van der Waals surface area contributed by atoms with Crippen molar-refractivity contribution in [1.29, 1.82) is 0 Å². The first-order chi connectivity index (χ1) is 15.9. The molecule has 0 spiro atoms. The number of carbonyl (C=O) groups is 2. The molecule has 0 radical (unpaired) electrons. The number of aliphatic hydroxyl groups is 2. The van der Waals surface area contributed by atoms with Gasteiger partial charge in [-0.1, -0.05) is 40.7 Å². The Bertz CT molecular complexity index is 1030. The highest BCUT2D eigenvalue weighted by Gasteiger charge is 2.49. The minimum Gasteiger partial charge on any atom is -0.457 e. The van der Waals surface area contributed by atoms with E-state index in [-0.39, 0.29) is 36.8 Å². The molecule has 7 heteroatoms. The summed E-state index contributed by atoms with van der Waals surface area (Å²) < 4.78 is 6.08. The van der Waals surface area contributed by atoms with E-state index in [1.54, 1.807) is 11.3 Å². The first-order valence-corrected chi connectivity index (χ1v) is 13.5. The van der Waals surface area contributed by atoms with Gasteiger partial charge in [0, 0.05) is 21.1 Å². The number of aryl methyl sites for hydroxylation is 2. The van der Waals surface area contributed by atoms with Crippen LogP contribution in [0.4, 0.5) is 0 Å². The van der Waals surface area contributed by atoms with Crippen LogP contribution in [-0.4, -0.2) is 32.8 Å². The van der Waals surface area contributed by atoms with Gasteiger partial charge in [-0.2, -0.15) is 0 Å². The molecule has 1 saturated heterocycles. The van der Waals surface area contributed by atoms with Crippen molar-refractivity contribution in [3.05, 3.63) is 50.7 Å². The molecule has 1 aromatic carbocycles. The zero-order valence-corrected chi connectivity index (χ0v) is 22.6. The third kappa shape index (κ3) is 5.76. The molecular formula is C27H36O5S2. The van der Waals surface area contributed by atoms with Crippen LogP contribution in [0.3, 0.4) is 0 Å². The Morgan fingerprint density at radius 2 is 1.82 bits per heavy atom. The molecule has 1 aromatic heterocycles. The second kappa shape index (κ2) is 10.5. The minimum atomic E-state index is -0.893. The van der Waals surface area contributed by atoms with E-state index in [0.717, 1.165) is 31.3 Å². The maximum atomic E-state index is 13.4. The van der Waals surface area contributed by atoms with E-state index < -0.39 is 16.8 Å². The number of hydrogen-bond donors (Lipinski definition) is 2. The maximum absolute atomic E-state index is 13.4. The van der Waals surface area contributed by atoms with Crippen LogP contribution >= 0.6 is 23.1 Å². The van der Waals surface area contributed by atoms with Gasteiger partial charge in [0.2, 0.25) is 0 Å². The van der Waals surface area contributed by atoms with Gasteiger partial charge in [-0.3, -0.25) is 9.59 Å². The van der Waals surface area contributed by atoms with Crippen molar-refractivity contribution < 1.29 is 24.5 Å². The Kier molecular flexibility index (Phi) is 8.33. The van der Waals surface area contributed by atoms with Gasteiger partial charge in [-0.25, -0.2) is 0 Å². The summed E-state index contributed by atoms with van der Waals surface area (Å²) in [6, 6.07) is 7.85. The monoisotopic (exact) mass is 504 g/mol. The molecule has 5 nitrogen and oxygen atoms in total. The summed E-state index contributed by atoms with van der Waals surface area (Å²) in [6.45, 7) is 12.1. The third-order valence-corrected chi connectivity index (χ3v) is 9.08. The Morgan fingerprint density at radius 1 is 1.15 bits per heavy atom. The molecule has 2 atom stereocenters. The van der Waals surface area contributed by atoms with Crippen molar-refractivity contribution in [3.63, 3.8) is 0 Å². The SMILES string of the molecule is Cc1cc(SC2C(=O)CC(CCc3ccc(CO)s3)(C(C)C)OC2=O)c(C(C)(C)C)cc1CO. The molecule has 0 saturated carbocycles. The third-order valence-electron chi connectivity index (χ3n) is 6.67. The lowest BCUT2D eigenvalue weighted by Gasteiger charge is -2.41. The summed E-state index contributed by atoms with van der Waals surface area (Å²) >= 11 is 2.82. The van der Waals surface area contributed by atoms with Crippen LogP contribution in [0.15, 0.2) is 29.2 Å². The summed E-state index contributed by atoms with van der Waals surface area (Å²) in [6.07, 6.45) is 1.46. The van der Waals surface area contributed by atoms with Crippen LogP contribution in [0.25, 0.3) is 0 Å². The number of esters is 1. The van der Waals surface area contributed by atoms with Crippen LogP contribution in [0.1, 0.15) is 73.9 Å². The molecule has 34 heavy (non-hydrogen) atoms. The van der Waals surface area contributed by atoms with Crippen molar-refractivity contribution in [2.24, 2.45) is 5.92 Å². The highest BCUT2D eigenvalue weighted by Crippen LogP contribution is 2.43. The van der Waals surface area contributed by atoms with E-state index in [1.807, 2.05) is 45.0 Å². The normalized spacial score (nSPS) is 21.3. The van der Waals surface area contributed by atoms with Gasteiger partial charge in [-0.15, -0.1) is 23.1 Å². The zero-order valence-electron chi connectivity index (χ0n) is 20.9. The number of carbonyl (C=O) groups excluding carboxylic acids is 2. The van der Waals surface area contributed by atoms with Crippen LogP contribution in [0.2, 0.25) is 0 Å². The van der Waals surface area contributed by atoms with Gasteiger partial charge in [0.05, 0.1) is 13.2 Å². The zero-order chi connectivity index (χ0) is 25.3. The Balaban J connectivity index is 1.83. The predicted molar refractivity (Wildman–Crippen MR) is 137 cm³/mol. The van der Waals surface area contributed by atoms with Crippen molar-refractivity contribution in [2.45, 2.75) is 95.2 Å². The number of ketones is 1. The standard InChI is InChI=1S/C27H36O5S2/c1-16(2)27(10-9-19-7-8-20(15-29)33-19)13-22(30)24(25(31)32-27)34-23-11-17(3)18(14-28)12-21(23)26(4,5)6/h7-8,11-12,16,24,28-29H,9-10,13-15H2,1-6H3. The topological polar surface area (TPSA) is 83.8 Å². The first-order valence-electron chi connectivity index (χ1n) is 11.8. The van der Waals surface area contributed by atoms with Crippen molar-refractivity contribution in [3.8, 4) is 0 Å². The first kappa shape index (κ1) is 26.9. The van der Waals surface area contributed by atoms with Gasteiger partial charge in [0.15, 0.2) is 11.0 Å². The summed E-state index contributed by atoms with van der Waals surface area (Å²) in [4.78, 5) is 29.5. The number of aliphatic hydroxyl groups excluding tert-OH is 2. The second-order valence-electron chi connectivity index (χ2n) is 10.5. The van der Waals surface area contributed by atoms with E-state index in [2.05, 4.69) is 20.8 Å². The lowest BCUT2D eigenvalue weighted by atomic mass is 9.79. The van der Waals surface area contributed by atoms with E-state index in [4.69, 9.17) is 4.74 Å². The van der Waals surface area contributed by atoms with E-state index >= 15 is 0 Å². The molecule has 2 heterocycles. The van der Waals surface area contributed by atoms with Gasteiger partial charge in [0.25, 0.3) is 0 Å². The molecule has 2 aromatic rings. The Hall–Kier alpha value is -1.67. The minimum absolute atomic E-state index is 0.000146. The number of thiophene rings is 1. The number of hydrogen-bond acceptors (Lipinski definition) is 7. The quantitative estimate of drug-likeness (QED) is 0.373. The highest BCUT2D eigenvalue weighted by atomic mass is 32.2. The molecular weight excluding hydrogens is 468 g/mol. The number of ether oxygens (including phenoxy) is 1. The fraction of sp³-hybridized carbons (Fsp3) is 0.556. The average Bonchev–Trinajstić information content (AvgIpc) is 3.22. The second-order valence-corrected chi connectivity index (χ2v) is 12.9. The molecule has 3 rings (SSSR count). The average molecular weight is 505 g/mol. The van der Waals surface area contributed by atoms with Gasteiger partial charge < -0.3 is 14.9 Å². The molecule has 0 amide bonds. The largest absolute Gasteiger partial charge is 0.457 e. The van der Waals surface area contributed by atoms with Crippen LogP contribution < -0.4 is 0 Å². The molecule has 186 valence electrons. The molecule has 0 aliphatic carbocycles. The van der Waals surface area contributed by atoms with Crippen LogP contribution in [0, 0.1) is 12.8 Å². The fourth-order valence-corrected chi connectivity index (χ4v) is 6.58. The Labute approximate surface area is 210 Å². The van der Waals surface area contributed by atoms with Gasteiger partial charge in [0.1, 0.15) is 5.60 Å². The molecule has 1 fully saturated rings. The molecule has 1 aliphatic rings. The molecule has 0 bridgehead atoms. The predicted octanol–water partition coefficient (Wildman–Crippen LogP) is 5.34. The molecule has 2 unspecified atom stereocenters. The van der Waals surface area contributed by atoms with Crippen molar-refractivity contribution in [2.75, 3.05) is 0 Å². The number of thioether (sulfide) groups is 1. The number of cyclic esters (lactones) is 1. The van der Waals surface area contributed by atoms with E-state index in [0.29, 0.717) is 12.8 Å². The lowest BCUT2D eigenvalue weighted by Crippen LogP contribution is -2.52. The van der Waals surface area contributed by atoms with Crippen molar-refractivity contribution in [1.82, 2.24) is 0 Å². The number of Topliss-reactive ketones (excluding diaryl/α,β-unsaturated/α-hetero) is 1. The van der Waals surface area contributed by atoms with Crippen LogP contribution in [0.5, 0.6) is 0 Å². The number of benzene rings is 1. The summed E-state index contributed by atoms with van der Waals surface area (Å²) in [5.41, 5.74) is 1.76. The van der Waals surface area contributed by atoms with E-state index in [1.165, 1.54) is 11.8 Å². The fourth-order valence-electron chi connectivity index (χ4n) is 4.36.